The molecule has 114 valence electrons. The summed E-state index contributed by atoms with van der Waals surface area (Å²) in [5.74, 6) is 0.114. The van der Waals surface area contributed by atoms with Crippen molar-refractivity contribution >= 4 is 39.3 Å². The first kappa shape index (κ1) is 16.3. The van der Waals surface area contributed by atoms with E-state index >= 15 is 0 Å². The van der Waals surface area contributed by atoms with Crippen molar-refractivity contribution in [2.45, 2.75) is 13.8 Å². The average molecular weight is 374 g/mol. The molecule has 1 aliphatic rings. The summed E-state index contributed by atoms with van der Waals surface area (Å²) >= 11 is 9.26. The lowest BCUT2D eigenvalue weighted by Gasteiger charge is -2.35. The quantitative estimate of drug-likeness (QED) is 0.799. The summed E-state index contributed by atoms with van der Waals surface area (Å²) in [6.45, 7) is 6.09. The van der Waals surface area contributed by atoms with Crippen molar-refractivity contribution in [2.75, 3.05) is 26.2 Å². The number of carbonyl (C=O) groups is 2. The smallest absolute Gasteiger partial charge is 0.255 e. The molecule has 0 spiro atoms. The van der Waals surface area contributed by atoms with E-state index in [-0.39, 0.29) is 17.7 Å². The van der Waals surface area contributed by atoms with E-state index < -0.39 is 0 Å². The van der Waals surface area contributed by atoms with Crippen LogP contribution in [0.3, 0.4) is 0 Å². The van der Waals surface area contributed by atoms with Crippen molar-refractivity contribution < 1.29 is 9.59 Å². The van der Waals surface area contributed by atoms with Crippen molar-refractivity contribution in [3.05, 3.63) is 33.3 Å². The molecule has 1 heterocycles. The molecule has 0 aliphatic carbocycles. The van der Waals surface area contributed by atoms with Gasteiger partial charge in [0.1, 0.15) is 0 Å². The van der Waals surface area contributed by atoms with Gasteiger partial charge >= 0.3 is 0 Å². The lowest BCUT2D eigenvalue weighted by Crippen LogP contribution is -2.51. The normalized spacial score (nSPS) is 15.5. The van der Waals surface area contributed by atoms with Crippen LogP contribution >= 0.6 is 27.5 Å². The highest BCUT2D eigenvalue weighted by Gasteiger charge is 2.26. The number of carbonyl (C=O) groups excluding carboxylic acids is 2. The minimum Gasteiger partial charge on any atom is -0.339 e. The zero-order valence-electron chi connectivity index (χ0n) is 12.1. The van der Waals surface area contributed by atoms with Gasteiger partial charge in [0.15, 0.2) is 0 Å². The van der Waals surface area contributed by atoms with Crippen LogP contribution in [-0.4, -0.2) is 47.8 Å². The van der Waals surface area contributed by atoms with Crippen LogP contribution in [0.25, 0.3) is 0 Å². The minimum atomic E-state index is -0.0322. The van der Waals surface area contributed by atoms with Crippen molar-refractivity contribution in [3.8, 4) is 0 Å². The summed E-state index contributed by atoms with van der Waals surface area (Å²) < 4.78 is 0.695. The number of amides is 2. The highest BCUT2D eigenvalue weighted by atomic mass is 79.9. The van der Waals surface area contributed by atoms with Crippen LogP contribution in [0, 0.1) is 5.92 Å². The van der Waals surface area contributed by atoms with Gasteiger partial charge in [0.2, 0.25) is 5.91 Å². The van der Waals surface area contributed by atoms with E-state index in [9.17, 15) is 9.59 Å². The Labute approximate surface area is 138 Å². The lowest BCUT2D eigenvalue weighted by molar-refractivity contribution is -0.135. The number of rotatable bonds is 2. The van der Waals surface area contributed by atoms with Gasteiger partial charge in [0, 0.05) is 41.6 Å². The first-order valence-electron chi connectivity index (χ1n) is 6.93. The van der Waals surface area contributed by atoms with E-state index in [1.807, 2.05) is 18.7 Å². The maximum atomic E-state index is 12.5. The fourth-order valence-corrected chi connectivity index (χ4v) is 3.18. The van der Waals surface area contributed by atoms with Crippen molar-refractivity contribution in [1.82, 2.24) is 9.80 Å². The van der Waals surface area contributed by atoms with Gasteiger partial charge in [-0.2, -0.15) is 0 Å². The van der Waals surface area contributed by atoms with Crippen LogP contribution in [0.4, 0.5) is 0 Å². The Morgan fingerprint density at radius 3 is 2.24 bits per heavy atom. The molecule has 0 aromatic heterocycles. The third-order valence-electron chi connectivity index (χ3n) is 3.53. The summed E-state index contributed by atoms with van der Waals surface area (Å²) in [5, 5.41) is 0.589. The summed E-state index contributed by atoms with van der Waals surface area (Å²) in [7, 11) is 0. The Bertz CT molecular complexity index is 555. The number of benzene rings is 1. The van der Waals surface area contributed by atoms with Gasteiger partial charge in [0.05, 0.1) is 5.56 Å². The third-order valence-corrected chi connectivity index (χ3v) is 4.43. The molecule has 0 N–H and O–H groups in total. The Morgan fingerprint density at radius 2 is 1.71 bits per heavy atom. The fraction of sp³-hybridized carbons (Fsp3) is 0.467. The molecule has 0 atom stereocenters. The zero-order chi connectivity index (χ0) is 15.6. The fourth-order valence-electron chi connectivity index (χ4n) is 2.33. The van der Waals surface area contributed by atoms with Crippen molar-refractivity contribution in [2.24, 2.45) is 5.92 Å². The number of halogens is 2. The third kappa shape index (κ3) is 3.77. The topological polar surface area (TPSA) is 40.6 Å². The van der Waals surface area contributed by atoms with Gasteiger partial charge in [-0.3, -0.25) is 9.59 Å². The molecule has 1 aromatic rings. The average Bonchev–Trinajstić information content (AvgIpc) is 2.46. The number of piperazine rings is 1. The predicted octanol–water partition coefficient (Wildman–Crippen LogP) is 3.04. The molecule has 21 heavy (non-hydrogen) atoms. The number of hydrogen-bond donors (Lipinski definition) is 0. The second-order valence-electron chi connectivity index (χ2n) is 5.40. The molecule has 1 saturated heterocycles. The maximum absolute atomic E-state index is 12.5. The van der Waals surface area contributed by atoms with Gasteiger partial charge in [-0.25, -0.2) is 0 Å². The maximum Gasteiger partial charge on any atom is 0.255 e. The first-order chi connectivity index (χ1) is 9.90. The largest absolute Gasteiger partial charge is 0.339 e. The molecule has 0 unspecified atom stereocenters. The summed E-state index contributed by atoms with van der Waals surface area (Å²) in [6.07, 6.45) is 0. The standard InChI is InChI=1S/C15H18BrClN2O2/c1-10(2)14(20)18-5-7-19(8-6-18)15(21)12-4-3-11(17)9-13(12)16/h3-4,9-10H,5-8H2,1-2H3. The molecule has 0 radical (unpaired) electrons. The molecular weight excluding hydrogens is 356 g/mol. The second kappa shape index (κ2) is 6.79. The van der Waals surface area contributed by atoms with E-state index in [0.717, 1.165) is 0 Å². The SMILES string of the molecule is CC(C)C(=O)N1CCN(C(=O)c2ccc(Cl)cc2Br)CC1. The van der Waals surface area contributed by atoms with Gasteiger partial charge < -0.3 is 9.80 Å². The Kier molecular flexibility index (Phi) is 5.27. The highest BCUT2D eigenvalue weighted by molar-refractivity contribution is 9.10. The Balaban J connectivity index is 2.02. The van der Waals surface area contributed by atoms with Crippen molar-refractivity contribution in [1.29, 1.82) is 0 Å². The first-order valence-corrected chi connectivity index (χ1v) is 8.10. The zero-order valence-corrected chi connectivity index (χ0v) is 14.4. The van der Waals surface area contributed by atoms with E-state index in [4.69, 9.17) is 11.6 Å². The van der Waals surface area contributed by atoms with Crippen LogP contribution in [0.15, 0.2) is 22.7 Å². The summed E-state index contributed by atoms with van der Waals surface area (Å²) in [5.41, 5.74) is 0.600. The molecule has 0 saturated carbocycles. The van der Waals surface area contributed by atoms with E-state index in [1.165, 1.54) is 0 Å². The second-order valence-corrected chi connectivity index (χ2v) is 6.69. The monoisotopic (exact) mass is 372 g/mol. The number of nitrogens with zero attached hydrogens (tertiary/aromatic N) is 2. The molecule has 2 amide bonds. The summed E-state index contributed by atoms with van der Waals surface area (Å²) in [4.78, 5) is 28.0. The predicted molar refractivity (Wildman–Crippen MR) is 86.5 cm³/mol. The molecule has 4 nitrogen and oxygen atoms in total. The van der Waals surface area contributed by atoms with Gasteiger partial charge in [-0.15, -0.1) is 0 Å². The molecule has 0 bridgehead atoms. The van der Waals surface area contributed by atoms with Gasteiger partial charge in [0.25, 0.3) is 5.91 Å². The molecular formula is C15H18BrClN2O2. The van der Waals surface area contributed by atoms with Crippen LogP contribution in [0.1, 0.15) is 24.2 Å². The molecule has 1 aromatic carbocycles. The van der Waals surface area contributed by atoms with Crippen LogP contribution in [-0.2, 0) is 4.79 Å². The number of hydrogen-bond acceptors (Lipinski definition) is 2. The van der Waals surface area contributed by atoms with E-state index in [1.54, 1.807) is 23.1 Å². The molecule has 6 heteroatoms. The van der Waals surface area contributed by atoms with Crippen molar-refractivity contribution in [3.63, 3.8) is 0 Å². The Hall–Kier alpha value is -1.07. The molecule has 2 rings (SSSR count). The van der Waals surface area contributed by atoms with E-state index in [2.05, 4.69) is 15.9 Å². The highest BCUT2D eigenvalue weighted by Crippen LogP contribution is 2.23. The molecule has 1 fully saturated rings. The minimum absolute atomic E-state index is 0.00217. The van der Waals surface area contributed by atoms with E-state index in [0.29, 0.717) is 41.2 Å². The van der Waals surface area contributed by atoms with Crippen LogP contribution < -0.4 is 0 Å². The molecule has 1 aliphatic heterocycles. The summed E-state index contributed by atoms with van der Waals surface area (Å²) in [6, 6.07) is 5.14. The van der Waals surface area contributed by atoms with Crippen LogP contribution in [0.5, 0.6) is 0 Å². The van der Waals surface area contributed by atoms with Gasteiger partial charge in [-0.05, 0) is 34.1 Å². The van der Waals surface area contributed by atoms with Crippen LogP contribution in [0.2, 0.25) is 5.02 Å². The Morgan fingerprint density at radius 1 is 1.14 bits per heavy atom. The lowest BCUT2D eigenvalue weighted by atomic mass is 10.1. The van der Waals surface area contributed by atoms with Gasteiger partial charge in [-0.1, -0.05) is 25.4 Å².